The van der Waals surface area contributed by atoms with Gasteiger partial charge < -0.3 is 10.7 Å². The van der Waals surface area contributed by atoms with E-state index in [-0.39, 0.29) is 56.3 Å². The Balaban J connectivity index is 0.000000810. The van der Waals surface area contributed by atoms with Gasteiger partial charge in [0.2, 0.25) is 0 Å². The third kappa shape index (κ3) is 2.70. The number of carbonyl (C=O) groups excluding carboxylic acids is 1. The fourth-order valence-electron chi connectivity index (χ4n) is 0.318. The smallest absolute Gasteiger partial charge is 0.759 e. The summed E-state index contributed by atoms with van der Waals surface area (Å²) in [5.74, 6) is -0.690. The number of hydroxylamine groups is 1. The second kappa shape index (κ2) is 5.30. The summed E-state index contributed by atoms with van der Waals surface area (Å²) in [6.07, 6.45) is 1.23. The van der Waals surface area contributed by atoms with Crippen molar-refractivity contribution in [3.05, 3.63) is 16.3 Å². The molecule has 1 N–H and O–H groups in total. The molecule has 1 amide bonds. The van der Waals surface area contributed by atoms with Crippen molar-refractivity contribution in [3.8, 4) is 0 Å². The maximum absolute atomic E-state index is 10.4. The van der Waals surface area contributed by atoms with Crippen molar-refractivity contribution < 1.29 is 56.2 Å². The van der Waals surface area contributed by atoms with E-state index in [0.29, 0.717) is 0 Å². The number of amides is 1. The Morgan fingerprint density at radius 3 is 2.90 bits per heavy atom. The van der Waals surface area contributed by atoms with Crippen LogP contribution in [-0.2, 0) is 0 Å². The fraction of sp³-hybridized carbons (Fsp3) is 0. The van der Waals surface area contributed by atoms with E-state index in [9.17, 15) is 10.0 Å². The normalized spacial score (nSPS) is 8.10. The molecule has 48 valence electrons. The quantitative estimate of drug-likeness (QED) is 0.367. The van der Waals surface area contributed by atoms with Crippen LogP contribution in [0, 0.1) is 5.21 Å². The molecular weight excluding hydrogens is 181 g/mol. The van der Waals surface area contributed by atoms with Gasteiger partial charge in [0.25, 0.3) is 5.91 Å². The molecule has 7 heteroatoms. The van der Waals surface area contributed by atoms with Gasteiger partial charge in [-0.2, -0.15) is 0 Å². The molecule has 10 heavy (non-hydrogen) atoms. The first-order valence-corrected chi connectivity index (χ1v) is 2.82. The predicted octanol–water partition coefficient (Wildman–Crippen LogP) is -3.23. The Morgan fingerprint density at radius 2 is 2.50 bits per heavy atom. The van der Waals surface area contributed by atoms with Crippen molar-refractivity contribution >= 4 is 17.4 Å². The van der Waals surface area contributed by atoms with E-state index >= 15 is 0 Å². The number of hydrogen-bond donors (Lipinski definition) is 1. The zero-order valence-electron chi connectivity index (χ0n) is 5.20. The summed E-state index contributed by atoms with van der Waals surface area (Å²) in [6, 6.07) is 0. The predicted molar refractivity (Wildman–Crippen MR) is 30.7 cm³/mol. The first-order chi connectivity index (χ1) is 4.34. The second-order valence-corrected chi connectivity index (χ2v) is 2.00. The third-order valence-corrected chi connectivity index (χ3v) is 1.34. The maximum Gasteiger partial charge on any atom is 1.00 e. The topological polar surface area (TPSA) is 77.9 Å². The molecule has 0 aliphatic heterocycles. The van der Waals surface area contributed by atoms with Gasteiger partial charge in [0.05, 0.1) is 6.20 Å². The average Bonchev–Trinajstić information content (AvgIpc) is 2.37. The van der Waals surface area contributed by atoms with Crippen LogP contribution in [0.1, 0.15) is 9.67 Å². The largest absolute Gasteiger partial charge is 1.00 e. The number of carbonyl (C=O) groups is 1. The van der Waals surface area contributed by atoms with Gasteiger partial charge in [-0.25, -0.2) is 0 Å². The second-order valence-electron chi connectivity index (χ2n) is 1.21. The third-order valence-electron chi connectivity index (χ3n) is 0.678. The zero-order chi connectivity index (χ0) is 6.69. The molecule has 1 aromatic heterocycles. The summed E-state index contributed by atoms with van der Waals surface area (Å²) >= 11 is 0.882. The van der Waals surface area contributed by atoms with E-state index in [2.05, 4.69) is 9.59 Å². The van der Waals surface area contributed by atoms with E-state index in [1.807, 2.05) is 0 Å². The van der Waals surface area contributed by atoms with Gasteiger partial charge in [-0.1, -0.05) is 4.49 Å². The summed E-state index contributed by atoms with van der Waals surface area (Å²) in [5.41, 5.74) is 1.21. The maximum atomic E-state index is 10.4. The van der Waals surface area contributed by atoms with Gasteiger partial charge in [0, 0.05) is 0 Å². The molecule has 0 unspecified atom stereocenters. The standard InChI is InChI=1S/C3H2N3O2S.K/c7-3(5-8)2-1-4-6-9-2;/h1H,(H-,4,5,6,7,8);/q-1;+1. The molecule has 0 aliphatic carbocycles. The van der Waals surface area contributed by atoms with Gasteiger partial charge in [-0.05, 0) is 11.5 Å². The Labute approximate surface area is 103 Å². The summed E-state index contributed by atoms with van der Waals surface area (Å²) in [7, 11) is 0. The van der Waals surface area contributed by atoms with Gasteiger partial charge in [0.15, 0.2) is 0 Å². The molecule has 0 fully saturated rings. The van der Waals surface area contributed by atoms with Crippen LogP contribution in [0.3, 0.4) is 0 Å². The SMILES string of the molecule is O=C(N[O-])c1cnns1.[K+]. The van der Waals surface area contributed by atoms with Crippen LogP contribution in [0.25, 0.3) is 0 Å². The van der Waals surface area contributed by atoms with Crippen molar-refractivity contribution in [2.24, 2.45) is 0 Å². The number of hydrogen-bond acceptors (Lipinski definition) is 5. The molecule has 0 aromatic carbocycles. The Kier molecular flexibility index (Phi) is 5.63. The average molecular weight is 183 g/mol. The minimum atomic E-state index is -0.690. The van der Waals surface area contributed by atoms with Crippen LogP contribution in [0.4, 0.5) is 0 Å². The summed E-state index contributed by atoms with van der Waals surface area (Å²) in [4.78, 5) is 10.6. The van der Waals surface area contributed by atoms with Gasteiger partial charge >= 0.3 is 51.4 Å². The first kappa shape index (κ1) is 10.6. The molecule has 0 bridgehead atoms. The molecule has 0 spiro atoms. The van der Waals surface area contributed by atoms with Crippen LogP contribution < -0.4 is 56.9 Å². The summed E-state index contributed by atoms with van der Waals surface area (Å²) < 4.78 is 3.38. The number of nitrogens with one attached hydrogen (secondary N) is 1. The van der Waals surface area contributed by atoms with Crippen LogP contribution in [0.15, 0.2) is 6.20 Å². The molecule has 0 aliphatic rings. The van der Waals surface area contributed by atoms with Crippen molar-refractivity contribution in [1.29, 1.82) is 0 Å². The Morgan fingerprint density at radius 1 is 1.80 bits per heavy atom. The Bertz CT molecular complexity index is 202. The first-order valence-electron chi connectivity index (χ1n) is 2.04. The molecular formula is C3H2KN3O2S. The van der Waals surface area contributed by atoms with E-state index in [1.54, 1.807) is 0 Å². The molecule has 1 rings (SSSR count). The van der Waals surface area contributed by atoms with Crippen molar-refractivity contribution in [2.45, 2.75) is 0 Å². The number of nitrogens with zero attached hydrogens (tertiary/aromatic N) is 2. The van der Waals surface area contributed by atoms with Crippen LogP contribution in [0.2, 0.25) is 0 Å². The summed E-state index contributed by atoms with van der Waals surface area (Å²) in [6.45, 7) is 0. The van der Waals surface area contributed by atoms with Crippen molar-refractivity contribution in [1.82, 2.24) is 15.1 Å². The summed E-state index contributed by atoms with van der Waals surface area (Å²) in [5, 5.41) is 13.0. The molecule has 0 atom stereocenters. The molecule has 5 nitrogen and oxygen atoms in total. The minimum absolute atomic E-state index is 0. The van der Waals surface area contributed by atoms with Crippen molar-refractivity contribution in [3.63, 3.8) is 0 Å². The van der Waals surface area contributed by atoms with Crippen molar-refractivity contribution in [2.75, 3.05) is 0 Å². The van der Waals surface area contributed by atoms with Crippen LogP contribution in [-0.4, -0.2) is 15.5 Å². The Hall–Kier alpha value is 0.626. The van der Waals surface area contributed by atoms with E-state index in [4.69, 9.17) is 0 Å². The fourth-order valence-corrected chi connectivity index (χ4v) is 0.719. The zero-order valence-corrected chi connectivity index (χ0v) is 9.14. The van der Waals surface area contributed by atoms with Crippen LogP contribution in [0.5, 0.6) is 0 Å². The van der Waals surface area contributed by atoms with Gasteiger partial charge in [-0.3, -0.25) is 4.79 Å². The van der Waals surface area contributed by atoms with Gasteiger partial charge in [0.1, 0.15) is 4.88 Å². The minimum Gasteiger partial charge on any atom is -0.759 e. The monoisotopic (exact) mass is 183 g/mol. The molecule has 0 saturated heterocycles. The van der Waals surface area contributed by atoms with Gasteiger partial charge in [-0.15, -0.1) is 5.10 Å². The number of rotatable bonds is 1. The molecule has 1 heterocycles. The van der Waals surface area contributed by atoms with E-state index in [0.717, 1.165) is 11.5 Å². The van der Waals surface area contributed by atoms with Crippen LogP contribution >= 0.6 is 11.5 Å². The molecule has 0 radical (unpaired) electrons. The molecule has 1 aromatic rings. The van der Waals surface area contributed by atoms with E-state index in [1.165, 1.54) is 11.7 Å². The molecule has 0 saturated carbocycles. The number of aromatic nitrogens is 2. The van der Waals surface area contributed by atoms with E-state index < -0.39 is 5.91 Å².